The number of aliphatic hydroxyl groups excluding tert-OH is 1. The maximum Gasteiger partial charge on any atom is 0.407 e. The van der Waals surface area contributed by atoms with Crippen molar-refractivity contribution in [2.75, 3.05) is 32.8 Å². The summed E-state index contributed by atoms with van der Waals surface area (Å²) in [4.78, 5) is 24.9. The Bertz CT molecular complexity index is 810. The molecule has 7 heteroatoms. The lowest BCUT2D eigenvalue weighted by Gasteiger charge is -2.29. The molecule has 0 radical (unpaired) electrons. The maximum atomic E-state index is 12.4. The molecule has 32 heavy (non-hydrogen) atoms. The van der Waals surface area contributed by atoms with Gasteiger partial charge in [0.2, 0.25) is 5.91 Å². The number of carboxylic acid groups (broad SMARTS) is 1. The van der Waals surface area contributed by atoms with E-state index in [1.54, 1.807) is 0 Å². The number of hydrogen-bond acceptors (Lipinski definition) is 4. The lowest BCUT2D eigenvalue weighted by molar-refractivity contribution is -0.125. The van der Waals surface area contributed by atoms with Crippen LogP contribution < -0.4 is 10.1 Å². The van der Waals surface area contributed by atoms with Gasteiger partial charge < -0.3 is 25.2 Å². The Hall–Kier alpha value is -2.54. The van der Waals surface area contributed by atoms with E-state index in [1.807, 2.05) is 26.0 Å². The summed E-state index contributed by atoms with van der Waals surface area (Å²) in [6, 6.07) is 8.10. The molecule has 1 aliphatic carbocycles. The number of benzene rings is 1. The molecule has 1 saturated heterocycles. The zero-order chi connectivity index (χ0) is 23.1. The first-order valence-corrected chi connectivity index (χ1v) is 11.6. The number of nitrogens with one attached hydrogen (secondary N) is 1. The van der Waals surface area contributed by atoms with E-state index in [1.165, 1.54) is 10.5 Å². The standard InChI is InChI=1S/C25H36N2O5/c1-25(2,17-28)16-26-23(29)21-5-3-19(4-6-21)20-7-9-22(10-8-20)32-15-18-11-13-27(14-12-18)24(30)31/h3,7-10,18,21,28H,4-6,11-17H2,1-2H3,(H,26,29)(H,30,31). The SMILES string of the molecule is CC(C)(CO)CNC(=O)C1CC=C(c2ccc(OCC3CCN(C(=O)O)CC3)cc2)CC1. The van der Waals surface area contributed by atoms with Crippen molar-refractivity contribution in [1.29, 1.82) is 0 Å². The molecule has 7 nitrogen and oxygen atoms in total. The van der Waals surface area contributed by atoms with Gasteiger partial charge in [0.25, 0.3) is 0 Å². The van der Waals surface area contributed by atoms with E-state index >= 15 is 0 Å². The number of rotatable bonds is 8. The van der Waals surface area contributed by atoms with Crippen LogP contribution in [0, 0.1) is 17.3 Å². The third-order valence-corrected chi connectivity index (χ3v) is 6.55. The van der Waals surface area contributed by atoms with Crippen LogP contribution in [-0.2, 0) is 4.79 Å². The van der Waals surface area contributed by atoms with Crippen molar-refractivity contribution in [2.45, 2.75) is 46.0 Å². The molecule has 1 fully saturated rings. The first-order valence-electron chi connectivity index (χ1n) is 11.6. The molecular weight excluding hydrogens is 408 g/mol. The number of aliphatic hydroxyl groups is 1. The summed E-state index contributed by atoms with van der Waals surface area (Å²) in [5.41, 5.74) is 2.12. The van der Waals surface area contributed by atoms with Crippen molar-refractivity contribution < 1.29 is 24.5 Å². The summed E-state index contributed by atoms with van der Waals surface area (Å²) in [5.74, 6) is 1.27. The zero-order valence-corrected chi connectivity index (χ0v) is 19.2. The summed E-state index contributed by atoms with van der Waals surface area (Å²) in [7, 11) is 0. The molecule has 1 heterocycles. The van der Waals surface area contributed by atoms with Gasteiger partial charge in [-0.15, -0.1) is 0 Å². The van der Waals surface area contributed by atoms with E-state index < -0.39 is 6.09 Å². The molecule has 2 aliphatic rings. The van der Waals surface area contributed by atoms with Gasteiger partial charge >= 0.3 is 6.09 Å². The van der Waals surface area contributed by atoms with Gasteiger partial charge in [-0.1, -0.05) is 32.1 Å². The van der Waals surface area contributed by atoms with Gasteiger partial charge in [-0.25, -0.2) is 4.79 Å². The molecule has 1 aliphatic heterocycles. The Morgan fingerprint density at radius 3 is 2.41 bits per heavy atom. The molecule has 1 aromatic carbocycles. The number of amides is 2. The van der Waals surface area contributed by atoms with E-state index in [2.05, 4.69) is 23.5 Å². The highest BCUT2D eigenvalue weighted by atomic mass is 16.5. The summed E-state index contributed by atoms with van der Waals surface area (Å²) in [6.45, 7) is 6.16. The fraction of sp³-hybridized carbons (Fsp3) is 0.600. The number of carbonyl (C=O) groups excluding carboxylic acids is 1. The van der Waals surface area contributed by atoms with Crippen molar-refractivity contribution in [1.82, 2.24) is 10.2 Å². The first kappa shape index (κ1) is 24.1. The monoisotopic (exact) mass is 444 g/mol. The number of carbonyl (C=O) groups is 2. The average molecular weight is 445 g/mol. The molecule has 0 saturated carbocycles. The molecule has 0 spiro atoms. The number of piperidine rings is 1. The van der Waals surface area contributed by atoms with Crippen molar-refractivity contribution in [3.8, 4) is 5.75 Å². The highest BCUT2D eigenvalue weighted by molar-refractivity contribution is 5.80. The average Bonchev–Trinajstić information content (AvgIpc) is 2.82. The van der Waals surface area contributed by atoms with Gasteiger partial charge in [-0.2, -0.15) is 0 Å². The molecule has 2 amide bonds. The summed E-state index contributed by atoms with van der Waals surface area (Å²) in [5, 5.41) is 21.3. The topological polar surface area (TPSA) is 99.1 Å². The van der Waals surface area contributed by atoms with Crippen LogP contribution in [0.3, 0.4) is 0 Å². The minimum Gasteiger partial charge on any atom is -0.493 e. The zero-order valence-electron chi connectivity index (χ0n) is 19.2. The molecule has 3 N–H and O–H groups in total. The minimum absolute atomic E-state index is 0.0107. The third-order valence-electron chi connectivity index (χ3n) is 6.55. The molecule has 3 rings (SSSR count). The maximum absolute atomic E-state index is 12.4. The quantitative estimate of drug-likeness (QED) is 0.567. The first-order chi connectivity index (χ1) is 15.3. The molecule has 1 atom stereocenters. The predicted molar refractivity (Wildman–Crippen MR) is 123 cm³/mol. The second-order valence-corrected chi connectivity index (χ2v) is 9.79. The molecule has 176 valence electrons. The van der Waals surface area contributed by atoms with Crippen LogP contribution in [0.5, 0.6) is 5.75 Å². The Labute approximate surface area is 190 Å². The van der Waals surface area contributed by atoms with E-state index in [-0.39, 0.29) is 23.8 Å². The summed E-state index contributed by atoms with van der Waals surface area (Å²) < 4.78 is 5.94. The van der Waals surface area contributed by atoms with Crippen molar-refractivity contribution in [3.05, 3.63) is 35.9 Å². The highest BCUT2D eigenvalue weighted by Gasteiger charge is 2.25. The number of likely N-dealkylation sites (tertiary alicyclic amines) is 1. The van der Waals surface area contributed by atoms with Gasteiger partial charge in [0.1, 0.15) is 5.75 Å². The van der Waals surface area contributed by atoms with Gasteiger partial charge in [0.15, 0.2) is 0 Å². The number of allylic oxidation sites excluding steroid dienone is 2. The van der Waals surface area contributed by atoms with E-state index in [9.17, 15) is 14.7 Å². The molecule has 1 unspecified atom stereocenters. The number of nitrogens with zero attached hydrogens (tertiary/aromatic N) is 1. The normalized spacial score (nSPS) is 19.9. The Balaban J connectivity index is 1.44. The molecule has 0 bridgehead atoms. The molecule has 1 aromatic rings. The van der Waals surface area contributed by atoms with E-state index in [0.717, 1.165) is 43.4 Å². The van der Waals surface area contributed by atoms with Crippen LogP contribution in [0.4, 0.5) is 4.79 Å². The second kappa shape index (κ2) is 10.9. The van der Waals surface area contributed by atoms with Crippen LogP contribution >= 0.6 is 0 Å². The minimum atomic E-state index is -0.838. The number of ether oxygens (including phenoxy) is 1. The van der Waals surface area contributed by atoms with Crippen LogP contribution in [0.2, 0.25) is 0 Å². The van der Waals surface area contributed by atoms with Gasteiger partial charge in [0, 0.05) is 37.6 Å². The second-order valence-electron chi connectivity index (χ2n) is 9.79. The largest absolute Gasteiger partial charge is 0.493 e. The predicted octanol–water partition coefficient (Wildman–Crippen LogP) is 3.77. The smallest absolute Gasteiger partial charge is 0.407 e. The third kappa shape index (κ3) is 6.73. The highest BCUT2D eigenvalue weighted by Crippen LogP contribution is 2.31. The Morgan fingerprint density at radius 2 is 1.84 bits per heavy atom. The van der Waals surface area contributed by atoms with Crippen LogP contribution in [0.1, 0.15) is 51.5 Å². The fourth-order valence-electron chi connectivity index (χ4n) is 4.13. The van der Waals surface area contributed by atoms with Crippen LogP contribution in [0.15, 0.2) is 30.3 Å². The summed E-state index contributed by atoms with van der Waals surface area (Å²) in [6.07, 6.45) is 5.42. The lowest BCUT2D eigenvalue weighted by atomic mass is 9.85. The summed E-state index contributed by atoms with van der Waals surface area (Å²) >= 11 is 0. The number of hydrogen-bond donors (Lipinski definition) is 3. The van der Waals surface area contributed by atoms with Gasteiger partial charge in [-0.3, -0.25) is 4.79 Å². The van der Waals surface area contributed by atoms with Gasteiger partial charge in [0.05, 0.1) is 6.61 Å². The van der Waals surface area contributed by atoms with Crippen molar-refractivity contribution >= 4 is 17.6 Å². The van der Waals surface area contributed by atoms with E-state index in [0.29, 0.717) is 32.2 Å². The lowest BCUT2D eigenvalue weighted by Crippen LogP contribution is -2.39. The van der Waals surface area contributed by atoms with E-state index in [4.69, 9.17) is 9.84 Å². The molecular formula is C25H36N2O5. The van der Waals surface area contributed by atoms with Crippen LogP contribution in [0.25, 0.3) is 5.57 Å². The fourth-order valence-corrected chi connectivity index (χ4v) is 4.13. The van der Waals surface area contributed by atoms with Crippen molar-refractivity contribution in [2.24, 2.45) is 17.3 Å². The Kier molecular flexibility index (Phi) is 8.18. The van der Waals surface area contributed by atoms with Crippen LogP contribution in [-0.4, -0.2) is 60.0 Å². The van der Waals surface area contributed by atoms with Crippen molar-refractivity contribution in [3.63, 3.8) is 0 Å². The van der Waals surface area contributed by atoms with Gasteiger partial charge in [-0.05, 0) is 61.3 Å². The molecule has 0 aromatic heterocycles. The Morgan fingerprint density at radius 1 is 1.16 bits per heavy atom.